The van der Waals surface area contributed by atoms with Crippen LogP contribution < -0.4 is 10.6 Å². The Labute approximate surface area is 163 Å². The lowest BCUT2D eigenvalue weighted by atomic mass is 9.96. The number of hydrogen-bond donors (Lipinski definition) is 3. The van der Waals surface area contributed by atoms with Gasteiger partial charge in [-0.05, 0) is 31.7 Å². The number of hydrogen-bond acceptors (Lipinski definition) is 5. The van der Waals surface area contributed by atoms with Gasteiger partial charge >= 0.3 is 11.7 Å². The standard InChI is InChI=1S/C19H26N4O5/c24-17-15(7-4-8-16(17)23(27)28)18(25)22-11-9-14(10-12-22)21-19(26)20-13-5-2-1-3-6-13/h4,7-8,13-14,24H,1-3,5-6,9-12H2,(H2,20,21,26). The lowest BCUT2D eigenvalue weighted by Crippen LogP contribution is -2.51. The predicted molar refractivity (Wildman–Crippen MR) is 102 cm³/mol. The number of amides is 3. The van der Waals surface area contributed by atoms with Crippen molar-refractivity contribution in [3.05, 3.63) is 33.9 Å². The van der Waals surface area contributed by atoms with E-state index in [2.05, 4.69) is 10.6 Å². The van der Waals surface area contributed by atoms with Crippen LogP contribution in [-0.2, 0) is 0 Å². The molecule has 0 atom stereocenters. The zero-order valence-corrected chi connectivity index (χ0v) is 15.7. The molecule has 3 rings (SSSR count). The SMILES string of the molecule is O=C(NC1CCCCC1)NC1CCN(C(=O)c2cccc([N+](=O)[O-])c2O)CC1. The van der Waals surface area contributed by atoms with Crippen LogP contribution in [0.5, 0.6) is 5.75 Å². The number of nitro benzene ring substituents is 1. The maximum Gasteiger partial charge on any atom is 0.315 e. The maximum atomic E-state index is 12.6. The van der Waals surface area contributed by atoms with Gasteiger partial charge in [-0.25, -0.2) is 4.79 Å². The number of piperidine rings is 1. The van der Waals surface area contributed by atoms with Crippen LogP contribution in [0, 0.1) is 10.1 Å². The van der Waals surface area contributed by atoms with E-state index in [9.17, 15) is 24.8 Å². The molecule has 0 spiro atoms. The molecule has 9 nitrogen and oxygen atoms in total. The van der Waals surface area contributed by atoms with E-state index in [1.807, 2.05) is 0 Å². The first-order valence-corrected chi connectivity index (χ1v) is 9.78. The fourth-order valence-corrected chi connectivity index (χ4v) is 3.91. The number of urea groups is 1. The normalized spacial score (nSPS) is 18.5. The molecule has 1 aliphatic carbocycles. The van der Waals surface area contributed by atoms with Gasteiger partial charge in [-0.1, -0.05) is 25.3 Å². The maximum absolute atomic E-state index is 12.6. The minimum atomic E-state index is -0.715. The summed E-state index contributed by atoms with van der Waals surface area (Å²) in [6.45, 7) is 0.824. The van der Waals surface area contributed by atoms with E-state index in [1.54, 1.807) is 4.90 Å². The third kappa shape index (κ3) is 4.71. The van der Waals surface area contributed by atoms with E-state index in [0.717, 1.165) is 31.7 Å². The summed E-state index contributed by atoms with van der Waals surface area (Å²) in [4.78, 5) is 36.6. The third-order valence-corrected chi connectivity index (χ3v) is 5.50. The highest BCUT2D eigenvalue weighted by atomic mass is 16.6. The Bertz CT molecular complexity index is 740. The lowest BCUT2D eigenvalue weighted by molar-refractivity contribution is -0.385. The number of phenolic OH excluding ortho intramolecular Hbond substituents is 1. The average Bonchev–Trinajstić information content (AvgIpc) is 2.68. The zero-order valence-electron chi connectivity index (χ0n) is 15.7. The molecule has 0 bridgehead atoms. The molecule has 1 aliphatic heterocycles. The van der Waals surface area contributed by atoms with Crippen molar-refractivity contribution in [3.63, 3.8) is 0 Å². The number of carbonyl (C=O) groups is 2. The molecule has 3 N–H and O–H groups in total. The van der Waals surface area contributed by atoms with Crippen molar-refractivity contribution >= 4 is 17.6 Å². The Hall–Kier alpha value is -2.84. The van der Waals surface area contributed by atoms with Gasteiger partial charge in [0.25, 0.3) is 5.91 Å². The van der Waals surface area contributed by atoms with Gasteiger partial charge in [-0.2, -0.15) is 0 Å². The Kier molecular flexibility index (Phi) is 6.33. The zero-order chi connectivity index (χ0) is 20.1. The molecular weight excluding hydrogens is 364 g/mol. The van der Waals surface area contributed by atoms with Crippen molar-refractivity contribution in [1.29, 1.82) is 0 Å². The van der Waals surface area contributed by atoms with E-state index in [-0.39, 0.29) is 23.7 Å². The van der Waals surface area contributed by atoms with Crippen LogP contribution in [-0.4, -0.2) is 52.0 Å². The van der Waals surface area contributed by atoms with Gasteiger partial charge in [0.1, 0.15) is 0 Å². The molecule has 0 unspecified atom stereocenters. The summed E-state index contributed by atoms with van der Waals surface area (Å²) in [5.74, 6) is -1.05. The molecule has 2 fully saturated rings. The van der Waals surface area contributed by atoms with Crippen LogP contribution in [0.3, 0.4) is 0 Å². The molecule has 0 aromatic heterocycles. The number of nitro groups is 1. The van der Waals surface area contributed by atoms with E-state index in [1.165, 1.54) is 18.6 Å². The molecule has 1 saturated carbocycles. The van der Waals surface area contributed by atoms with Crippen molar-refractivity contribution in [1.82, 2.24) is 15.5 Å². The molecule has 28 heavy (non-hydrogen) atoms. The Morgan fingerprint density at radius 1 is 1.04 bits per heavy atom. The number of likely N-dealkylation sites (tertiary alicyclic amines) is 1. The van der Waals surface area contributed by atoms with Gasteiger partial charge in [0.2, 0.25) is 5.75 Å². The summed E-state index contributed by atoms with van der Waals surface area (Å²) in [6, 6.07) is 3.99. The summed E-state index contributed by atoms with van der Waals surface area (Å²) in [5, 5.41) is 27.0. The highest BCUT2D eigenvalue weighted by Gasteiger charge is 2.28. The average molecular weight is 390 g/mol. The molecule has 9 heteroatoms. The van der Waals surface area contributed by atoms with Crippen LogP contribution in [0.2, 0.25) is 0 Å². The van der Waals surface area contributed by atoms with E-state index >= 15 is 0 Å². The summed E-state index contributed by atoms with van der Waals surface area (Å²) in [7, 11) is 0. The number of nitrogens with one attached hydrogen (secondary N) is 2. The number of rotatable bonds is 4. The Balaban J connectivity index is 1.51. The minimum absolute atomic E-state index is 0.0219. The second kappa shape index (κ2) is 8.90. The number of aromatic hydroxyl groups is 1. The topological polar surface area (TPSA) is 125 Å². The first kappa shape index (κ1) is 19.9. The van der Waals surface area contributed by atoms with Gasteiger partial charge in [0, 0.05) is 31.2 Å². The Morgan fingerprint density at radius 2 is 1.64 bits per heavy atom. The highest BCUT2D eigenvalue weighted by molar-refractivity contribution is 5.98. The number of carbonyl (C=O) groups excluding carboxylic acids is 2. The lowest BCUT2D eigenvalue weighted by Gasteiger charge is -2.33. The van der Waals surface area contributed by atoms with Gasteiger partial charge in [-0.3, -0.25) is 14.9 Å². The fraction of sp³-hybridized carbons (Fsp3) is 0.579. The van der Waals surface area contributed by atoms with Crippen LogP contribution in [0.25, 0.3) is 0 Å². The van der Waals surface area contributed by atoms with Crippen molar-refractivity contribution in [3.8, 4) is 5.75 Å². The summed E-state index contributed by atoms with van der Waals surface area (Å²) >= 11 is 0. The van der Waals surface area contributed by atoms with E-state index in [4.69, 9.17) is 0 Å². The van der Waals surface area contributed by atoms with Crippen LogP contribution in [0.15, 0.2) is 18.2 Å². The largest absolute Gasteiger partial charge is 0.502 e. The van der Waals surface area contributed by atoms with Crippen LogP contribution in [0.4, 0.5) is 10.5 Å². The summed E-state index contributed by atoms with van der Waals surface area (Å²) in [6.07, 6.45) is 6.76. The van der Waals surface area contributed by atoms with Gasteiger partial charge in [-0.15, -0.1) is 0 Å². The first-order valence-electron chi connectivity index (χ1n) is 9.78. The molecule has 2 aliphatic rings. The number of benzene rings is 1. The van der Waals surface area contributed by atoms with Gasteiger partial charge < -0.3 is 20.6 Å². The van der Waals surface area contributed by atoms with Crippen molar-refractivity contribution < 1.29 is 19.6 Å². The molecule has 1 saturated heterocycles. The molecule has 152 valence electrons. The third-order valence-electron chi connectivity index (χ3n) is 5.50. The second-order valence-electron chi connectivity index (χ2n) is 7.45. The Morgan fingerprint density at radius 3 is 2.25 bits per heavy atom. The van der Waals surface area contributed by atoms with Gasteiger partial charge in [0.15, 0.2) is 0 Å². The summed E-state index contributed by atoms with van der Waals surface area (Å²) in [5.41, 5.74) is -0.558. The number of nitrogens with zero attached hydrogens (tertiary/aromatic N) is 2. The highest BCUT2D eigenvalue weighted by Crippen LogP contribution is 2.30. The number of para-hydroxylation sites is 1. The smallest absolute Gasteiger partial charge is 0.315 e. The molecule has 3 amide bonds. The fourth-order valence-electron chi connectivity index (χ4n) is 3.91. The summed E-state index contributed by atoms with van der Waals surface area (Å²) < 4.78 is 0. The van der Waals surface area contributed by atoms with E-state index < -0.39 is 22.3 Å². The quantitative estimate of drug-likeness (QED) is 0.538. The first-order chi connectivity index (χ1) is 13.5. The van der Waals surface area contributed by atoms with E-state index in [0.29, 0.717) is 25.9 Å². The van der Waals surface area contributed by atoms with Crippen LogP contribution in [0.1, 0.15) is 55.3 Å². The second-order valence-corrected chi connectivity index (χ2v) is 7.45. The monoisotopic (exact) mass is 390 g/mol. The van der Waals surface area contributed by atoms with Crippen LogP contribution >= 0.6 is 0 Å². The number of phenols is 1. The van der Waals surface area contributed by atoms with Gasteiger partial charge in [0.05, 0.1) is 10.5 Å². The van der Waals surface area contributed by atoms with Crippen molar-refractivity contribution in [2.45, 2.75) is 57.0 Å². The molecular formula is C19H26N4O5. The van der Waals surface area contributed by atoms with Crippen molar-refractivity contribution in [2.24, 2.45) is 0 Å². The predicted octanol–water partition coefficient (Wildman–Crippen LogP) is 2.54. The molecule has 1 aromatic carbocycles. The van der Waals surface area contributed by atoms with Crippen molar-refractivity contribution in [2.75, 3.05) is 13.1 Å². The molecule has 1 aromatic rings. The minimum Gasteiger partial charge on any atom is -0.502 e. The molecule has 0 radical (unpaired) electrons. The molecule has 1 heterocycles.